The van der Waals surface area contributed by atoms with Crippen LogP contribution in [0.1, 0.15) is 48.1 Å². The van der Waals surface area contributed by atoms with Gasteiger partial charge in [-0.3, -0.25) is 0 Å². The summed E-state index contributed by atoms with van der Waals surface area (Å²) in [4.78, 5) is 24.9. The molecule has 0 aliphatic heterocycles. The maximum atomic E-state index is 12.6. The number of benzene rings is 4. The Morgan fingerprint density at radius 2 is 1.16 bits per heavy atom. The molecule has 0 aliphatic rings. The average molecular weight is 597 g/mol. The van der Waals surface area contributed by atoms with E-state index >= 15 is 0 Å². The first-order chi connectivity index (χ1) is 21.3. The number of carbonyl (C=O) groups is 2. The largest absolute Gasteiger partial charge is 0.508 e. The Kier molecular flexibility index (Phi) is 13.1. The number of urea groups is 2. The molecule has 0 spiro atoms. The van der Waals surface area contributed by atoms with Crippen LogP contribution in [-0.4, -0.2) is 35.4 Å². The number of nitrogens with one attached hydrogen (secondary N) is 4. The minimum absolute atomic E-state index is 0.222. The minimum atomic E-state index is -0.258. The van der Waals surface area contributed by atoms with Crippen molar-refractivity contribution in [2.75, 3.05) is 18.4 Å². The van der Waals surface area contributed by atoms with Gasteiger partial charge in [0, 0.05) is 25.3 Å². The molecular weight excluding hydrogens is 552 g/mol. The first-order valence-electron chi connectivity index (χ1n) is 15.1. The van der Waals surface area contributed by atoms with Crippen LogP contribution in [0.15, 0.2) is 84.9 Å². The fourth-order valence-electron chi connectivity index (χ4n) is 4.52. The SMILES string of the molecule is CC.Cc1ccc(-c2ccc(C)c(NC(=O)NCCCc3ccc(O)cc3)c2)cc1CNC(=O)NCCc1ccc(O)cc1. The number of anilines is 1. The normalized spacial score (nSPS) is 10.3. The zero-order chi connectivity index (χ0) is 31.9. The Morgan fingerprint density at radius 3 is 1.80 bits per heavy atom. The predicted molar refractivity (Wildman–Crippen MR) is 178 cm³/mol. The third-order valence-electron chi connectivity index (χ3n) is 7.11. The zero-order valence-electron chi connectivity index (χ0n) is 26.0. The highest BCUT2D eigenvalue weighted by molar-refractivity contribution is 5.91. The van der Waals surface area contributed by atoms with E-state index in [4.69, 9.17) is 0 Å². The average Bonchev–Trinajstić information content (AvgIpc) is 3.03. The number of amides is 4. The third kappa shape index (κ3) is 10.7. The molecular formula is C36H44N4O4. The molecule has 4 aromatic rings. The molecule has 4 rings (SSSR count). The summed E-state index contributed by atoms with van der Waals surface area (Å²) in [7, 11) is 0. The van der Waals surface area contributed by atoms with Gasteiger partial charge in [0.2, 0.25) is 0 Å². The molecule has 0 aromatic heterocycles. The van der Waals surface area contributed by atoms with Crippen molar-refractivity contribution in [3.8, 4) is 22.6 Å². The number of phenols is 2. The van der Waals surface area contributed by atoms with Crippen LogP contribution in [0.2, 0.25) is 0 Å². The van der Waals surface area contributed by atoms with Gasteiger partial charge in [-0.1, -0.05) is 62.4 Å². The maximum Gasteiger partial charge on any atom is 0.319 e. The second-order valence-corrected chi connectivity index (χ2v) is 10.3. The number of rotatable bonds is 11. The van der Waals surface area contributed by atoms with Crippen LogP contribution in [0, 0.1) is 13.8 Å². The lowest BCUT2D eigenvalue weighted by Gasteiger charge is -2.14. The molecule has 8 heteroatoms. The molecule has 0 unspecified atom stereocenters. The fraction of sp³-hybridized carbons (Fsp3) is 0.278. The molecule has 0 saturated carbocycles. The first kappa shape index (κ1) is 33.5. The van der Waals surface area contributed by atoms with Crippen molar-refractivity contribution in [2.24, 2.45) is 0 Å². The highest BCUT2D eigenvalue weighted by Crippen LogP contribution is 2.27. The van der Waals surface area contributed by atoms with E-state index < -0.39 is 0 Å². The number of aromatic hydroxyl groups is 2. The van der Waals surface area contributed by atoms with Gasteiger partial charge < -0.3 is 31.5 Å². The summed E-state index contributed by atoms with van der Waals surface area (Å²) < 4.78 is 0. The Labute approximate surface area is 260 Å². The lowest BCUT2D eigenvalue weighted by molar-refractivity contribution is 0.240. The first-order valence-corrected chi connectivity index (χ1v) is 15.1. The van der Waals surface area contributed by atoms with Gasteiger partial charge in [0.1, 0.15) is 11.5 Å². The molecule has 44 heavy (non-hydrogen) atoms. The van der Waals surface area contributed by atoms with E-state index in [1.165, 1.54) is 0 Å². The summed E-state index contributed by atoms with van der Waals surface area (Å²) in [6.45, 7) is 9.37. The van der Waals surface area contributed by atoms with Crippen LogP contribution in [0.5, 0.6) is 11.5 Å². The minimum Gasteiger partial charge on any atom is -0.508 e. The quantitative estimate of drug-likeness (QED) is 0.102. The van der Waals surface area contributed by atoms with Crippen LogP contribution in [0.25, 0.3) is 11.1 Å². The molecule has 8 nitrogen and oxygen atoms in total. The molecule has 0 fully saturated rings. The lowest BCUT2D eigenvalue weighted by Crippen LogP contribution is -2.36. The molecule has 0 bridgehead atoms. The molecule has 0 heterocycles. The molecule has 0 atom stereocenters. The van der Waals surface area contributed by atoms with E-state index in [0.717, 1.165) is 57.5 Å². The molecule has 4 aromatic carbocycles. The Balaban J connectivity index is 0.00000259. The van der Waals surface area contributed by atoms with Crippen molar-refractivity contribution in [1.82, 2.24) is 16.0 Å². The van der Waals surface area contributed by atoms with Gasteiger partial charge in [-0.15, -0.1) is 0 Å². The van der Waals surface area contributed by atoms with Crippen LogP contribution in [0.4, 0.5) is 15.3 Å². The van der Waals surface area contributed by atoms with Crippen molar-refractivity contribution < 1.29 is 19.8 Å². The summed E-state index contributed by atoms with van der Waals surface area (Å²) in [6, 6.07) is 25.6. The molecule has 0 saturated heterocycles. The second-order valence-electron chi connectivity index (χ2n) is 10.3. The lowest BCUT2D eigenvalue weighted by atomic mass is 9.98. The van der Waals surface area contributed by atoms with Gasteiger partial charge in [0.15, 0.2) is 0 Å². The molecule has 0 radical (unpaired) electrons. The maximum absolute atomic E-state index is 12.6. The Morgan fingerprint density at radius 1 is 0.614 bits per heavy atom. The van der Waals surface area contributed by atoms with E-state index in [9.17, 15) is 19.8 Å². The number of hydrogen-bond donors (Lipinski definition) is 6. The van der Waals surface area contributed by atoms with E-state index in [0.29, 0.717) is 26.1 Å². The standard InChI is InChI=1S/C34H38N4O4.C2H6/c1-23-5-11-27(20-29(23)22-37-33(41)36-19-17-26-9-15-31(40)16-10-26)28-12-6-24(2)32(21-28)38-34(42)35-18-3-4-25-7-13-30(39)14-8-25;1-2/h5-16,20-21,39-40H,3-4,17-19,22H2,1-2H3,(H2,35,38,42)(H2,36,37,41);1-2H3. The summed E-state index contributed by atoms with van der Waals surface area (Å²) in [5.41, 5.74) is 7.85. The van der Waals surface area contributed by atoms with Crippen LogP contribution in [-0.2, 0) is 19.4 Å². The van der Waals surface area contributed by atoms with Crippen molar-refractivity contribution in [3.05, 3.63) is 113 Å². The number of phenolic OH excluding ortho intramolecular Hbond substituents is 2. The predicted octanol–water partition coefficient (Wildman–Crippen LogP) is 7.20. The smallest absolute Gasteiger partial charge is 0.319 e. The van der Waals surface area contributed by atoms with Crippen molar-refractivity contribution in [3.63, 3.8) is 0 Å². The summed E-state index contributed by atoms with van der Waals surface area (Å²) in [5, 5.41) is 30.5. The summed E-state index contributed by atoms with van der Waals surface area (Å²) in [5.74, 6) is 0.467. The van der Waals surface area contributed by atoms with Crippen LogP contribution in [0.3, 0.4) is 0 Å². The zero-order valence-corrected chi connectivity index (χ0v) is 26.0. The molecule has 4 amide bonds. The monoisotopic (exact) mass is 596 g/mol. The van der Waals surface area contributed by atoms with Gasteiger partial charge in [0.05, 0.1) is 0 Å². The highest BCUT2D eigenvalue weighted by atomic mass is 16.3. The fourth-order valence-corrected chi connectivity index (χ4v) is 4.52. The van der Waals surface area contributed by atoms with Crippen LogP contribution >= 0.6 is 0 Å². The van der Waals surface area contributed by atoms with E-state index in [2.05, 4.69) is 27.3 Å². The summed E-state index contributed by atoms with van der Waals surface area (Å²) in [6.07, 6.45) is 2.26. The number of hydrogen-bond acceptors (Lipinski definition) is 4. The molecule has 232 valence electrons. The van der Waals surface area contributed by atoms with Crippen LogP contribution < -0.4 is 21.3 Å². The van der Waals surface area contributed by atoms with Gasteiger partial charge in [-0.25, -0.2) is 9.59 Å². The third-order valence-corrected chi connectivity index (χ3v) is 7.11. The molecule has 0 aliphatic carbocycles. The van der Waals surface area contributed by atoms with Crippen molar-refractivity contribution >= 4 is 17.7 Å². The number of aryl methyl sites for hydroxylation is 3. The highest BCUT2D eigenvalue weighted by Gasteiger charge is 2.09. The van der Waals surface area contributed by atoms with Crippen molar-refractivity contribution in [1.29, 1.82) is 0 Å². The van der Waals surface area contributed by atoms with Gasteiger partial charge in [-0.05, 0) is 108 Å². The Bertz CT molecular complexity index is 1500. The summed E-state index contributed by atoms with van der Waals surface area (Å²) >= 11 is 0. The van der Waals surface area contributed by atoms with Gasteiger partial charge in [0.25, 0.3) is 0 Å². The number of carbonyl (C=O) groups excluding carboxylic acids is 2. The van der Waals surface area contributed by atoms with E-state index in [1.54, 1.807) is 24.3 Å². The molecule has 6 N–H and O–H groups in total. The van der Waals surface area contributed by atoms with E-state index in [1.807, 2.05) is 82.3 Å². The van der Waals surface area contributed by atoms with Gasteiger partial charge >= 0.3 is 12.1 Å². The topological polar surface area (TPSA) is 123 Å². The van der Waals surface area contributed by atoms with Crippen molar-refractivity contribution in [2.45, 2.75) is 53.5 Å². The van der Waals surface area contributed by atoms with Gasteiger partial charge in [-0.2, -0.15) is 0 Å². The Hall–Kier alpha value is -4.98. The van der Waals surface area contributed by atoms with E-state index in [-0.39, 0.29) is 23.6 Å². The second kappa shape index (κ2) is 17.2.